The van der Waals surface area contributed by atoms with Crippen molar-refractivity contribution in [3.63, 3.8) is 0 Å². The van der Waals surface area contributed by atoms with E-state index in [1.807, 2.05) is 17.7 Å². The van der Waals surface area contributed by atoms with Gasteiger partial charge in [0.2, 0.25) is 5.91 Å². The minimum atomic E-state index is -4.51. The highest BCUT2D eigenvalue weighted by Crippen LogP contribution is 2.34. The number of carbonyl (C=O) groups excluding carboxylic acids is 1. The molecule has 0 unspecified atom stereocenters. The molecule has 2 rings (SSSR count). The SMILES string of the molecule is CCCn1ccnc1SCC(=O)Nc1ccccc1C(F)(F)F. The largest absolute Gasteiger partial charge is 0.418 e. The van der Waals surface area contributed by atoms with Crippen LogP contribution in [0.2, 0.25) is 0 Å². The average Bonchev–Trinajstić information content (AvgIpc) is 2.92. The molecule has 23 heavy (non-hydrogen) atoms. The number of nitrogens with one attached hydrogen (secondary N) is 1. The van der Waals surface area contributed by atoms with Crippen LogP contribution < -0.4 is 5.32 Å². The topological polar surface area (TPSA) is 46.9 Å². The Kier molecular flexibility index (Phi) is 5.70. The molecule has 124 valence electrons. The monoisotopic (exact) mass is 343 g/mol. The van der Waals surface area contributed by atoms with Crippen LogP contribution in [-0.2, 0) is 17.5 Å². The van der Waals surface area contributed by atoms with Crippen LogP contribution in [-0.4, -0.2) is 21.2 Å². The molecule has 0 saturated carbocycles. The second-order valence-electron chi connectivity index (χ2n) is 4.78. The highest BCUT2D eigenvalue weighted by molar-refractivity contribution is 7.99. The van der Waals surface area contributed by atoms with E-state index in [4.69, 9.17) is 0 Å². The number of thioether (sulfide) groups is 1. The molecule has 0 aliphatic carbocycles. The van der Waals surface area contributed by atoms with Gasteiger partial charge in [0.25, 0.3) is 0 Å². The summed E-state index contributed by atoms with van der Waals surface area (Å²) in [5.41, 5.74) is -1.09. The first-order chi connectivity index (χ1) is 10.9. The molecule has 1 aromatic carbocycles. The minimum absolute atomic E-state index is 0.00702. The van der Waals surface area contributed by atoms with Gasteiger partial charge in [0.1, 0.15) is 0 Å². The fraction of sp³-hybridized carbons (Fsp3) is 0.333. The second-order valence-corrected chi connectivity index (χ2v) is 5.73. The van der Waals surface area contributed by atoms with E-state index in [0.717, 1.165) is 19.0 Å². The van der Waals surface area contributed by atoms with Crippen molar-refractivity contribution >= 4 is 23.4 Å². The third kappa shape index (κ3) is 4.75. The van der Waals surface area contributed by atoms with Gasteiger partial charge in [-0.15, -0.1) is 0 Å². The van der Waals surface area contributed by atoms with Gasteiger partial charge in [-0.3, -0.25) is 4.79 Å². The van der Waals surface area contributed by atoms with Gasteiger partial charge in [-0.05, 0) is 18.6 Å². The van der Waals surface area contributed by atoms with Crippen molar-refractivity contribution in [2.75, 3.05) is 11.1 Å². The molecule has 1 heterocycles. The zero-order valence-corrected chi connectivity index (χ0v) is 13.2. The number of rotatable bonds is 6. The van der Waals surface area contributed by atoms with E-state index < -0.39 is 17.6 Å². The predicted molar refractivity (Wildman–Crippen MR) is 83.3 cm³/mol. The Morgan fingerprint density at radius 3 is 2.78 bits per heavy atom. The fourth-order valence-corrected chi connectivity index (χ4v) is 2.79. The molecule has 8 heteroatoms. The normalized spacial score (nSPS) is 11.5. The number of para-hydroxylation sites is 1. The van der Waals surface area contributed by atoms with Crippen molar-refractivity contribution in [1.29, 1.82) is 0 Å². The number of anilines is 1. The number of aryl methyl sites for hydroxylation is 1. The lowest BCUT2D eigenvalue weighted by atomic mass is 10.1. The van der Waals surface area contributed by atoms with Crippen molar-refractivity contribution in [2.45, 2.75) is 31.2 Å². The summed E-state index contributed by atoms with van der Waals surface area (Å²) in [6.07, 6.45) is -0.138. The number of carbonyl (C=O) groups is 1. The Morgan fingerprint density at radius 1 is 1.35 bits per heavy atom. The summed E-state index contributed by atoms with van der Waals surface area (Å²) in [6.45, 7) is 2.80. The Bertz CT molecular complexity index is 670. The Hall–Kier alpha value is -1.96. The van der Waals surface area contributed by atoms with Gasteiger partial charge < -0.3 is 9.88 Å². The molecule has 0 aliphatic heterocycles. The summed E-state index contributed by atoms with van der Waals surface area (Å²) in [4.78, 5) is 16.1. The maximum absolute atomic E-state index is 12.9. The summed E-state index contributed by atoms with van der Waals surface area (Å²) >= 11 is 1.19. The van der Waals surface area contributed by atoms with Crippen LogP contribution in [0.25, 0.3) is 0 Å². The Balaban J connectivity index is 1.99. The van der Waals surface area contributed by atoms with Gasteiger partial charge in [-0.25, -0.2) is 4.98 Å². The van der Waals surface area contributed by atoms with Gasteiger partial charge in [0, 0.05) is 18.9 Å². The van der Waals surface area contributed by atoms with Gasteiger partial charge in [0.15, 0.2) is 5.16 Å². The average molecular weight is 343 g/mol. The van der Waals surface area contributed by atoms with Crippen molar-refractivity contribution in [1.82, 2.24) is 9.55 Å². The lowest BCUT2D eigenvalue weighted by Gasteiger charge is -2.13. The molecular weight excluding hydrogens is 327 g/mol. The number of aromatic nitrogens is 2. The molecule has 0 spiro atoms. The van der Waals surface area contributed by atoms with Crippen LogP contribution in [0, 0.1) is 0 Å². The van der Waals surface area contributed by atoms with Gasteiger partial charge in [-0.2, -0.15) is 13.2 Å². The first kappa shape index (κ1) is 17.4. The molecule has 0 fully saturated rings. The van der Waals surface area contributed by atoms with Gasteiger partial charge >= 0.3 is 6.18 Å². The van der Waals surface area contributed by atoms with E-state index in [0.29, 0.717) is 5.16 Å². The number of hydrogen-bond acceptors (Lipinski definition) is 3. The smallest absolute Gasteiger partial charge is 0.326 e. The maximum atomic E-state index is 12.9. The first-order valence-corrected chi connectivity index (χ1v) is 8.00. The highest BCUT2D eigenvalue weighted by Gasteiger charge is 2.33. The number of imidazole rings is 1. The predicted octanol–water partition coefficient (Wildman–Crippen LogP) is 4.04. The Labute approximate surface area is 136 Å². The van der Waals surface area contributed by atoms with Crippen LogP contribution in [0.15, 0.2) is 41.8 Å². The highest BCUT2D eigenvalue weighted by atomic mass is 32.2. The van der Waals surface area contributed by atoms with Crippen molar-refractivity contribution in [3.8, 4) is 0 Å². The van der Waals surface area contributed by atoms with Gasteiger partial charge in [-0.1, -0.05) is 30.8 Å². The van der Waals surface area contributed by atoms with E-state index in [9.17, 15) is 18.0 Å². The number of alkyl halides is 3. The van der Waals surface area contributed by atoms with E-state index in [2.05, 4.69) is 10.3 Å². The number of nitrogens with zero attached hydrogens (tertiary/aromatic N) is 2. The summed E-state index contributed by atoms with van der Waals surface area (Å²) in [5.74, 6) is -0.509. The molecule has 0 atom stereocenters. The molecule has 0 radical (unpaired) electrons. The van der Waals surface area contributed by atoms with E-state index in [1.54, 1.807) is 6.20 Å². The van der Waals surface area contributed by atoms with Crippen molar-refractivity contribution < 1.29 is 18.0 Å². The summed E-state index contributed by atoms with van der Waals surface area (Å²) < 4.78 is 40.5. The first-order valence-electron chi connectivity index (χ1n) is 7.02. The minimum Gasteiger partial charge on any atom is -0.326 e. The summed E-state index contributed by atoms with van der Waals surface area (Å²) in [5, 5.41) is 2.99. The molecule has 2 aromatic rings. The van der Waals surface area contributed by atoms with Crippen molar-refractivity contribution in [2.24, 2.45) is 0 Å². The standard InChI is InChI=1S/C15H16F3N3OS/c1-2-8-21-9-7-19-14(21)23-10-13(22)20-12-6-4-3-5-11(12)15(16,17)18/h3-7,9H,2,8,10H2,1H3,(H,20,22). The Morgan fingerprint density at radius 2 is 2.09 bits per heavy atom. The molecule has 1 amide bonds. The van der Waals surface area contributed by atoms with Crippen LogP contribution in [0.4, 0.5) is 18.9 Å². The fourth-order valence-electron chi connectivity index (χ4n) is 2.00. The van der Waals surface area contributed by atoms with Gasteiger partial charge in [0.05, 0.1) is 17.0 Å². The third-order valence-electron chi connectivity index (χ3n) is 2.98. The van der Waals surface area contributed by atoms with Crippen LogP contribution in [0.5, 0.6) is 0 Å². The number of hydrogen-bond donors (Lipinski definition) is 1. The van der Waals surface area contributed by atoms with E-state index >= 15 is 0 Å². The molecule has 0 saturated heterocycles. The molecule has 1 N–H and O–H groups in total. The van der Waals surface area contributed by atoms with Crippen LogP contribution >= 0.6 is 11.8 Å². The number of halogens is 3. The zero-order chi connectivity index (χ0) is 16.9. The van der Waals surface area contributed by atoms with Crippen molar-refractivity contribution in [3.05, 3.63) is 42.2 Å². The molecule has 0 bridgehead atoms. The molecule has 1 aromatic heterocycles. The number of benzene rings is 1. The van der Waals surface area contributed by atoms with E-state index in [1.165, 1.54) is 30.0 Å². The number of amides is 1. The maximum Gasteiger partial charge on any atom is 0.418 e. The third-order valence-corrected chi connectivity index (χ3v) is 3.99. The van der Waals surface area contributed by atoms with Crippen LogP contribution in [0.1, 0.15) is 18.9 Å². The quantitative estimate of drug-likeness (QED) is 0.805. The molecule has 0 aliphatic rings. The lowest BCUT2D eigenvalue weighted by Crippen LogP contribution is -2.18. The van der Waals surface area contributed by atoms with E-state index in [-0.39, 0.29) is 11.4 Å². The summed E-state index contributed by atoms with van der Waals surface area (Å²) in [6, 6.07) is 4.92. The molecular formula is C15H16F3N3OS. The zero-order valence-electron chi connectivity index (χ0n) is 12.4. The second kappa shape index (κ2) is 7.54. The van der Waals surface area contributed by atoms with Crippen LogP contribution in [0.3, 0.4) is 0 Å². The lowest BCUT2D eigenvalue weighted by molar-refractivity contribution is -0.137. The summed E-state index contributed by atoms with van der Waals surface area (Å²) in [7, 11) is 0. The molecule has 4 nitrogen and oxygen atoms in total.